The van der Waals surface area contributed by atoms with Crippen molar-refractivity contribution in [1.82, 2.24) is 14.6 Å². The molecule has 1 saturated carbocycles. The summed E-state index contributed by atoms with van der Waals surface area (Å²) in [5.41, 5.74) is 1.78. The number of hydrogen-bond acceptors (Lipinski definition) is 2. The number of aromatic nitrogens is 3. The molecule has 1 fully saturated rings. The first kappa shape index (κ1) is 7.79. The van der Waals surface area contributed by atoms with Crippen LogP contribution >= 0.6 is 0 Å². The van der Waals surface area contributed by atoms with E-state index in [0.717, 1.165) is 23.7 Å². The number of fused-ring (bicyclic) bond motifs is 1. The third-order valence-electron chi connectivity index (χ3n) is 2.64. The van der Waals surface area contributed by atoms with E-state index in [0.29, 0.717) is 0 Å². The maximum Gasteiger partial charge on any atom is 0.274 e. The molecule has 0 spiro atoms. The second-order valence-electron chi connectivity index (χ2n) is 3.91. The molecule has 1 N–H and O–H groups in total. The van der Waals surface area contributed by atoms with Crippen LogP contribution in [0.2, 0.25) is 0 Å². The fourth-order valence-corrected chi connectivity index (χ4v) is 1.73. The van der Waals surface area contributed by atoms with Crippen LogP contribution in [-0.2, 0) is 6.42 Å². The van der Waals surface area contributed by atoms with Crippen LogP contribution in [0.1, 0.15) is 18.5 Å². The summed E-state index contributed by atoms with van der Waals surface area (Å²) < 4.78 is 1.39. The minimum atomic E-state index is -0.0422. The minimum absolute atomic E-state index is 0.0422. The zero-order valence-electron chi connectivity index (χ0n) is 7.73. The SMILES string of the molecule is O=c1cc(CC2CC2)[nH]c2ccnn12. The smallest absolute Gasteiger partial charge is 0.274 e. The molecule has 0 amide bonds. The zero-order valence-corrected chi connectivity index (χ0v) is 7.73. The molecule has 2 aromatic rings. The van der Waals surface area contributed by atoms with Crippen LogP contribution in [0.15, 0.2) is 23.1 Å². The Balaban J connectivity index is 2.11. The van der Waals surface area contributed by atoms with Gasteiger partial charge in [0.25, 0.3) is 5.56 Å². The fourth-order valence-electron chi connectivity index (χ4n) is 1.73. The Morgan fingerprint density at radius 1 is 1.57 bits per heavy atom. The monoisotopic (exact) mass is 189 g/mol. The number of hydrogen-bond donors (Lipinski definition) is 1. The van der Waals surface area contributed by atoms with Gasteiger partial charge in [0.15, 0.2) is 0 Å². The average molecular weight is 189 g/mol. The molecule has 0 radical (unpaired) electrons. The van der Waals surface area contributed by atoms with Gasteiger partial charge in [-0.1, -0.05) is 0 Å². The van der Waals surface area contributed by atoms with Gasteiger partial charge in [-0.2, -0.15) is 9.61 Å². The summed E-state index contributed by atoms with van der Waals surface area (Å²) in [6, 6.07) is 3.47. The van der Waals surface area contributed by atoms with Crippen LogP contribution in [-0.4, -0.2) is 14.6 Å². The maximum atomic E-state index is 11.5. The molecule has 2 aromatic heterocycles. The first-order chi connectivity index (χ1) is 6.83. The maximum absolute atomic E-state index is 11.5. The molecule has 1 aliphatic carbocycles. The lowest BCUT2D eigenvalue weighted by molar-refractivity contribution is 0.788. The number of H-pyrrole nitrogens is 1. The van der Waals surface area contributed by atoms with Crippen molar-refractivity contribution in [3.05, 3.63) is 34.4 Å². The van der Waals surface area contributed by atoms with E-state index in [4.69, 9.17) is 0 Å². The Bertz CT molecular complexity index is 521. The highest BCUT2D eigenvalue weighted by Crippen LogP contribution is 2.31. The van der Waals surface area contributed by atoms with Crippen LogP contribution < -0.4 is 5.56 Å². The Morgan fingerprint density at radius 3 is 3.21 bits per heavy atom. The van der Waals surface area contributed by atoms with Gasteiger partial charge in [-0.25, -0.2) is 0 Å². The average Bonchev–Trinajstić information content (AvgIpc) is 2.82. The van der Waals surface area contributed by atoms with Crippen LogP contribution in [0.5, 0.6) is 0 Å². The highest BCUT2D eigenvalue weighted by Gasteiger charge is 2.22. The van der Waals surface area contributed by atoms with E-state index in [-0.39, 0.29) is 5.56 Å². The number of nitrogens with zero attached hydrogens (tertiary/aromatic N) is 2. The van der Waals surface area contributed by atoms with Gasteiger partial charge in [-0.15, -0.1) is 0 Å². The second kappa shape index (κ2) is 2.70. The van der Waals surface area contributed by atoms with Gasteiger partial charge in [0.1, 0.15) is 5.65 Å². The summed E-state index contributed by atoms with van der Waals surface area (Å²) in [7, 11) is 0. The van der Waals surface area contributed by atoms with E-state index in [1.54, 1.807) is 12.3 Å². The lowest BCUT2D eigenvalue weighted by Gasteiger charge is -2.00. The third-order valence-corrected chi connectivity index (χ3v) is 2.64. The van der Waals surface area contributed by atoms with Crippen LogP contribution in [0.25, 0.3) is 5.65 Å². The third kappa shape index (κ3) is 1.23. The first-order valence-electron chi connectivity index (χ1n) is 4.89. The van der Waals surface area contributed by atoms with Crippen molar-refractivity contribution in [1.29, 1.82) is 0 Å². The van der Waals surface area contributed by atoms with Crippen molar-refractivity contribution in [3.8, 4) is 0 Å². The van der Waals surface area contributed by atoms with Gasteiger partial charge in [0.2, 0.25) is 0 Å². The summed E-state index contributed by atoms with van der Waals surface area (Å²) >= 11 is 0. The summed E-state index contributed by atoms with van der Waals surface area (Å²) in [5.74, 6) is 0.788. The standard InChI is InChI=1S/C10H11N3O/c14-10-6-8(5-7-1-2-7)12-9-3-4-11-13(9)10/h3-4,6-7,12H,1-2,5H2. The molecule has 0 bridgehead atoms. The van der Waals surface area contributed by atoms with Gasteiger partial charge in [-0.05, 0) is 25.2 Å². The van der Waals surface area contributed by atoms with Gasteiger partial charge < -0.3 is 4.98 Å². The molecule has 0 aliphatic heterocycles. The molecule has 4 heteroatoms. The summed E-state index contributed by atoms with van der Waals surface area (Å²) in [6.07, 6.45) is 5.23. The van der Waals surface area contributed by atoms with Crippen molar-refractivity contribution in [3.63, 3.8) is 0 Å². The van der Waals surface area contributed by atoms with E-state index >= 15 is 0 Å². The van der Waals surface area contributed by atoms with Crippen LogP contribution in [0.3, 0.4) is 0 Å². The Kier molecular flexibility index (Phi) is 1.50. The number of rotatable bonds is 2. The largest absolute Gasteiger partial charge is 0.343 e. The number of aromatic amines is 1. The van der Waals surface area contributed by atoms with E-state index in [2.05, 4.69) is 10.1 Å². The van der Waals surface area contributed by atoms with Gasteiger partial charge >= 0.3 is 0 Å². The van der Waals surface area contributed by atoms with Gasteiger partial charge in [0, 0.05) is 17.8 Å². The van der Waals surface area contributed by atoms with Crippen molar-refractivity contribution >= 4 is 5.65 Å². The summed E-state index contributed by atoms with van der Waals surface area (Å²) in [4.78, 5) is 14.8. The quantitative estimate of drug-likeness (QED) is 0.765. The highest BCUT2D eigenvalue weighted by atomic mass is 16.1. The Hall–Kier alpha value is -1.58. The molecule has 3 rings (SSSR count). The highest BCUT2D eigenvalue weighted by molar-refractivity contribution is 5.36. The van der Waals surface area contributed by atoms with Crippen molar-refractivity contribution < 1.29 is 0 Å². The molecule has 1 aliphatic rings. The van der Waals surface area contributed by atoms with Gasteiger partial charge in [0.05, 0.1) is 6.20 Å². The first-order valence-corrected chi connectivity index (χ1v) is 4.89. The molecule has 0 atom stereocenters. The molecule has 0 saturated heterocycles. The molecule has 4 nitrogen and oxygen atoms in total. The minimum Gasteiger partial charge on any atom is -0.343 e. The number of nitrogens with one attached hydrogen (secondary N) is 1. The Morgan fingerprint density at radius 2 is 2.43 bits per heavy atom. The molecular weight excluding hydrogens is 178 g/mol. The van der Waals surface area contributed by atoms with Crippen molar-refractivity contribution in [2.45, 2.75) is 19.3 Å². The van der Waals surface area contributed by atoms with Crippen molar-refractivity contribution in [2.24, 2.45) is 5.92 Å². The Labute approximate surface area is 80.6 Å². The van der Waals surface area contributed by atoms with Crippen LogP contribution in [0.4, 0.5) is 0 Å². The summed E-state index contributed by atoms with van der Waals surface area (Å²) in [6.45, 7) is 0. The predicted molar refractivity (Wildman–Crippen MR) is 52.2 cm³/mol. The molecular formula is C10H11N3O. The topological polar surface area (TPSA) is 50.2 Å². The predicted octanol–water partition coefficient (Wildman–Crippen LogP) is 0.975. The van der Waals surface area contributed by atoms with E-state index in [1.165, 1.54) is 17.4 Å². The van der Waals surface area contributed by atoms with E-state index in [1.807, 2.05) is 6.07 Å². The lowest BCUT2D eigenvalue weighted by atomic mass is 10.2. The fraction of sp³-hybridized carbons (Fsp3) is 0.400. The van der Waals surface area contributed by atoms with E-state index in [9.17, 15) is 4.79 Å². The van der Waals surface area contributed by atoms with Crippen molar-refractivity contribution in [2.75, 3.05) is 0 Å². The molecule has 72 valence electrons. The molecule has 2 heterocycles. The molecule has 14 heavy (non-hydrogen) atoms. The summed E-state index contributed by atoms with van der Waals surface area (Å²) in [5, 5.41) is 3.93. The second-order valence-corrected chi connectivity index (χ2v) is 3.91. The lowest BCUT2D eigenvalue weighted by Crippen LogP contribution is -2.15. The zero-order chi connectivity index (χ0) is 9.54. The van der Waals surface area contributed by atoms with E-state index < -0.39 is 0 Å². The van der Waals surface area contributed by atoms with Crippen LogP contribution in [0, 0.1) is 5.92 Å². The molecule has 0 aromatic carbocycles. The van der Waals surface area contributed by atoms with Gasteiger partial charge in [-0.3, -0.25) is 4.79 Å². The molecule has 0 unspecified atom stereocenters. The normalized spacial score (nSPS) is 16.3.